The van der Waals surface area contributed by atoms with E-state index in [1.54, 1.807) is 0 Å². The van der Waals surface area contributed by atoms with Gasteiger partial charge in [0.15, 0.2) is 0 Å². The zero-order valence-corrected chi connectivity index (χ0v) is 41.7. The van der Waals surface area contributed by atoms with Gasteiger partial charge in [-0.2, -0.15) is 6.92 Å². The first-order chi connectivity index (χ1) is 41.4. The minimum Gasteiger partial charge on any atom is -0.358 e. The molecule has 0 aromatic rings. The van der Waals surface area contributed by atoms with Gasteiger partial charge in [0.2, 0.25) is 0 Å². The molecule has 0 aromatic heterocycles. The van der Waals surface area contributed by atoms with Crippen molar-refractivity contribution in [3.63, 3.8) is 0 Å². The van der Waals surface area contributed by atoms with Crippen molar-refractivity contribution in [3.05, 3.63) is 13.3 Å². The molecule has 0 heterocycles. The van der Waals surface area contributed by atoms with Gasteiger partial charge in [-0.15, -0.1) is 11.8 Å². The first-order valence-corrected chi connectivity index (χ1v) is 20.6. The summed E-state index contributed by atoms with van der Waals surface area (Å²) in [5.41, 5.74) is 0. The Bertz CT molecular complexity index is 5650. The molecule has 0 fully saturated rings. The SMILES string of the molecule is [C-]#CC#CC#CC#CC#CC#CC#CC#CC#CC#CC#CC#CC#CC#CC#CC#CC#CC#CC#CC#CC#CC#CC#CC#CC#CC#CC#CC#CC#CC#CC#CC#CC#CC#CC#CC#CC#CC#CC#CC#CC#C[CH2-]. The molecule has 0 aliphatic heterocycles. The number of rotatable bonds is 0. The topological polar surface area (TPSA) is 0 Å². The summed E-state index contributed by atoms with van der Waals surface area (Å²) in [5, 5.41) is 0. The normalized spacial score (nSPS) is 3.94. The van der Waals surface area contributed by atoms with Gasteiger partial charge in [0.1, 0.15) is 0 Å². The summed E-state index contributed by atoms with van der Waals surface area (Å²) in [6.45, 7) is 3.32. The largest absolute Gasteiger partial charge is 0.358 e. The highest BCUT2D eigenvalue weighted by Gasteiger charge is 1.65. The van der Waals surface area contributed by atoms with Gasteiger partial charge in [-0.1, -0.05) is 0 Å². The van der Waals surface area contributed by atoms with Crippen LogP contribution in [0.5, 0.6) is 0 Å². The molecule has 0 amide bonds. The highest BCUT2D eigenvalue weighted by atomic mass is 13.7. The Kier molecular flexibility index (Phi) is 49.9. The molecule has 0 aromatic carbocycles. The second kappa shape index (κ2) is 63.8. The van der Waals surface area contributed by atoms with Crippen LogP contribution in [0.15, 0.2) is 0 Å². The average molecular weight is 999 g/mol. The molecule has 0 saturated carbocycles. The molecule has 0 atom stereocenters. The van der Waals surface area contributed by atoms with E-state index in [0.717, 1.165) is 0 Å². The zero-order chi connectivity index (χ0) is 59.3. The fourth-order valence-electron chi connectivity index (χ4n) is 2.48. The molecule has 0 N–H and O–H groups in total. The van der Waals surface area contributed by atoms with Crippen molar-refractivity contribution in [3.8, 4) is 480 Å². The molecule has 0 spiro atoms. The molecule has 0 aliphatic carbocycles. The second-order valence-electron chi connectivity index (χ2n) is 10.2. The van der Waals surface area contributed by atoms with Crippen molar-refractivity contribution < 1.29 is 0 Å². The molecule has 0 heteroatoms. The van der Waals surface area contributed by atoms with Crippen LogP contribution in [0.25, 0.3) is 0 Å². The molecular formula is C83H2-2. The van der Waals surface area contributed by atoms with Crippen LogP contribution in [0.3, 0.4) is 0 Å². The van der Waals surface area contributed by atoms with Crippen LogP contribution >= 0.6 is 0 Å². The van der Waals surface area contributed by atoms with Crippen LogP contribution in [0.1, 0.15) is 0 Å². The maximum Gasteiger partial charge on any atom is 0 e. The van der Waals surface area contributed by atoms with Crippen LogP contribution in [0, 0.1) is 493 Å². The van der Waals surface area contributed by atoms with E-state index in [-0.39, 0.29) is 0 Å². The predicted molar refractivity (Wildman–Crippen MR) is 324 cm³/mol. The summed E-state index contributed by atoms with van der Waals surface area (Å²) in [4.78, 5) is 0. The van der Waals surface area contributed by atoms with Crippen LogP contribution in [-0.2, 0) is 0 Å². The molecule has 83 heavy (non-hydrogen) atoms. The van der Waals surface area contributed by atoms with Crippen LogP contribution in [0.2, 0.25) is 0 Å². The molecule has 0 saturated heterocycles. The van der Waals surface area contributed by atoms with Crippen molar-refractivity contribution in [1.29, 1.82) is 0 Å². The highest BCUT2D eigenvalue weighted by Crippen LogP contribution is 1.65. The third kappa shape index (κ3) is 63.8. The summed E-state index contributed by atoms with van der Waals surface area (Å²) in [7, 11) is 0. The Labute approximate surface area is 490 Å². The van der Waals surface area contributed by atoms with E-state index >= 15 is 0 Å². The minimum atomic E-state index is 1.87. The summed E-state index contributed by atoms with van der Waals surface area (Å²) >= 11 is 0. The maximum atomic E-state index is 6.58. The minimum absolute atomic E-state index is 1.87. The Hall–Kier alpha value is -18.2. The van der Waals surface area contributed by atoms with Crippen molar-refractivity contribution in [2.75, 3.05) is 0 Å². The lowest BCUT2D eigenvalue weighted by Crippen LogP contribution is -1.57. The van der Waals surface area contributed by atoms with E-state index in [1.165, 1.54) is 0 Å². The van der Waals surface area contributed by atoms with E-state index in [4.69, 9.17) is 6.42 Å². The fraction of sp³-hybridized carbons (Fsp3) is 0. The summed E-state index contributed by atoms with van der Waals surface area (Å²) in [6.07, 6.45) is 6.58. The van der Waals surface area contributed by atoms with Gasteiger partial charge in [0.05, 0.1) is 0 Å². The molecule has 0 nitrogen and oxygen atoms in total. The lowest BCUT2D eigenvalue weighted by atomic mass is 10.4. The average Bonchev–Trinajstić information content (AvgIpc) is 3.49. The first kappa shape index (κ1) is 64.8. The van der Waals surface area contributed by atoms with Crippen molar-refractivity contribution in [1.82, 2.24) is 0 Å². The predicted octanol–water partition coefficient (Wildman–Crippen LogP) is 0.546. The van der Waals surface area contributed by atoms with Gasteiger partial charge in [0, 0.05) is 349 Å². The molecule has 0 radical (unpaired) electrons. The van der Waals surface area contributed by atoms with Crippen molar-refractivity contribution in [2.24, 2.45) is 0 Å². The van der Waals surface area contributed by atoms with Crippen LogP contribution < -0.4 is 0 Å². The van der Waals surface area contributed by atoms with Gasteiger partial charge < -0.3 is 6.42 Å². The van der Waals surface area contributed by atoms with E-state index in [1.807, 2.05) is 5.92 Å². The number of hydrogen-bond acceptors (Lipinski definition) is 0. The lowest BCUT2D eigenvalue weighted by molar-refractivity contribution is 2.31. The van der Waals surface area contributed by atoms with Gasteiger partial charge in [-0.05, 0) is 94.7 Å². The standard InChI is InChI=1S/C83H2/c1-3-5-7-9-11-13-15-17-19-21-23-25-27-29-31-33-35-37-39-41-43-45-47-49-51-53-55-57-59-61-63-65-67-69-71-73-75-77-79-81-83-82-80-78-76-74-72-70-68-66-64-62-60-58-56-54-52-50-48-46-44-42-40-38-36-34-32-30-28-26-24-22-20-18-16-14-12-10-8-6-4-2/h1H2/q-2. The van der Waals surface area contributed by atoms with Gasteiger partial charge >= 0.3 is 0 Å². The molecule has 0 bridgehead atoms. The van der Waals surface area contributed by atoms with Crippen LogP contribution in [-0.4, -0.2) is 0 Å². The van der Waals surface area contributed by atoms with E-state index < -0.39 is 0 Å². The smallest absolute Gasteiger partial charge is 0 e. The molecule has 0 aliphatic rings. The Morgan fingerprint density at radius 3 is 0.217 bits per heavy atom. The van der Waals surface area contributed by atoms with Crippen molar-refractivity contribution >= 4 is 0 Å². The third-order valence-electron chi connectivity index (χ3n) is 5.03. The summed E-state index contributed by atoms with van der Waals surface area (Å²) in [5.74, 6) is 201. The fourth-order valence-corrected chi connectivity index (χ4v) is 2.48. The Morgan fingerprint density at radius 1 is 0.0964 bits per heavy atom. The quantitative estimate of drug-likeness (QED) is 0.246. The second-order valence-corrected chi connectivity index (χ2v) is 10.2. The van der Waals surface area contributed by atoms with Gasteiger partial charge in [-0.3, -0.25) is 11.8 Å². The maximum absolute atomic E-state index is 6.58. The van der Waals surface area contributed by atoms with Crippen LogP contribution in [0.4, 0.5) is 0 Å². The third-order valence-corrected chi connectivity index (χ3v) is 5.03. The van der Waals surface area contributed by atoms with Crippen molar-refractivity contribution in [2.45, 2.75) is 0 Å². The van der Waals surface area contributed by atoms with E-state index in [0.29, 0.717) is 0 Å². The Balaban J connectivity index is 4.62. The zero-order valence-electron chi connectivity index (χ0n) is 41.7. The molecule has 336 valence electrons. The first-order valence-electron chi connectivity index (χ1n) is 20.6. The van der Waals surface area contributed by atoms with E-state index in [9.17, 15) is 0 Å². The monoisotopic (exact) mass is 998 g/mol. The summed E-state index contributed by atoms with van der Waals surface area (Å²) in [6, 6.07) is 0. The summed E-state index contributed by atoms with van der Waals surface area (Å²) < 4.78 is 0. The lowest BCUT2D eigenvalue weighted by Gasteiger charge is -1.64. The van der Waals surface area contributed by atoms with Gasteiger partial charge in [-0.25, -0.2) is 11.8 Å². The van der Waals surface area contributed by atoms with Gasteiger partial charge in [0.25, 0.3) is 0 Å². The molecule has 0 rings (SSSR count). The Morgan fingerprint density at radius 2 is 0.157 bits per heavy atom. The highest BCUT2D eigenvalue weighted by molar-refractivity contribution is 5.54. The van der Waals surface area contributed by atoms with E-state index in [2.05, 4.69) is 481 Å². The number of hydrogen-bond donors (Lipinski definition) is 0. The molecule has 0 unspecified atom stereocenters. The molecular weight excluding hydrogens is 997 g/mol.